The third-order valence-electron chi connectivity index (χ3n) is 2.24. The van der Waals surface area contributed by atoms with Gasteiger partial charge in [-0.05, 0) is 30.7 Å². The summed E-state index contributed by atoms with van der Waals surface area (Å²) in [4.78, 5) is 4.27. The van der Waals surface area contributed by atoms with E-state index >= 15 is 0 Å². The van der Waals surface area contributed by atoms with Gasteiger partial charge in [0.1, 0.15) is 17.7 Å². The zero-order valence-electron chi connectivity index (χ0n) is 9.56. The van der Waals surface area contributed by atoms with Crippen molar-refractivity contribution in [1.29, 1.82) is 0 Å². The van der Waals surface area contributed by atoms with Crippen LogP contribution in [0.1, 0.15) is 19.2 Å². The standard InChI is InChI=1S/C13H15NO2/c1-3-8-15-12-6-4-11(5-7-12)13-9-16-10(2)14-13/h4-7,9H,3,8H2,1-2H3. The summed E-state index contributed by atoms with van der Waals surface area (Å²) in [5, 5.41) is 0. The van der Waals surface area contributed by atoms with E-state index in [1.54, 1.807) is 6.26 Å². The minimum atomic E-state index is 0.682. The molecular formula is C13H15NO2. The van der Waals surface area contributed by atoms with Gasteiger partial charge in [-0.25, -0.2) is 4.98 Å². The molecule has 0 amide bonds. The van der Waals surface area contributed by atoms with Crippen LogP contribution in [0.4, 0.5) is 0 Å². The van der Waals surface area contributed by atoms with Crippen LogP contribution < -0.4 is 4.74 Å². The molecule has 1 aromatic carbocycles. The van der Waals surface area contributed by atoms with E-state index < -0.39 is 0 Å². The van der Waals surface area contributed by atoms with E-state index in [2.05, 4.69) is 11.9 Å². The highest BCUT2D eigenvalue weighted by molar-refractivity contribution is 5.58. The van der Waals surface area contributed by atoms with Crippen molar-refractivity contribution in [3.05, 3.63) is 36.4 Å². The molecule has 0 atom stereocenters. The second-order valence-corrected chi connectivity index (χ2v) is 3.62. The SMILES string of the molecule is CCCOc1ccc(-c2coc(C)n2)cc1. The van der Waals surface area contributed by atoms with Crippen molar-refractivity contribution in [2.75, 3.05) is 6.61 Å². The van der Waals surface area contributed by atoms with Crippen LogP contribution in [0.3, 0.4) is 0 Å². The Kier molecular flexibility index (Phi) is 3.25. The molecule has 0 spiro atoms. The molecule has 0 unspecified atom stereocenters. The van der Waals surface area contributed by atoms with Gasteiger partial charge in [0.05, 0.1) is 6.61 Å². The molecule has 1 heterocycles. The van der Waals surface area contributed by atoms with Gasteiger partial charge in [-0.1, -0.05) is 6.92 Å². The smallest absolute Gasteiger partial charge is 0.191 e. The van der Waals surface area contributed by atoms with Gasteiger partial charge in [-0.3, -0.25) is 0 Å². The van der Waals surface area contributed by atoms with Crippen molar-refractivity contribution >= 4 is 0 Å². The van der Waals surface area contributed by atoms with Gasteiger partial charge >= 0.3 is 0 Å². The number of benzene rings is 1. The molecule has 3 nitrogen and oxygen atoms in total. The lowest BCUT2D eigenvalue weighted by Crippen LogP contribution is -1.94. The van der Waals surface area contributed by atoms with E-state index in [0.717, 1.165) is 30.0 Å². The number of aryl methyl sites for hydroxylation is 1. The predicted octanol–water partition coefficient (Wildman–Crippen LogP) is 3.44. The highest BCUT2D eigenvalue weighted by atomic mass is 16.5. The summed E-state index contributed by atoms with van der Waals surface area (Å²) in [5.41, 5.74) is 1.90. The maximum absolute atomic E-state index is 5.51. The molecule has 0 fully saturated rings. The van der Waals surface area contributed by atoms with Crippen molar-refractivity contribution in [2.45, 2.75) is 20.3 Å². The Morgan fingerprint density at radius 1 is 1.25 bits per heavy atom. The summed E-state index contributed by atoms with van der Waals surface area (Å²) in [7, 11) is 0. The van der Waals surface area contributed by atoms with Crippen molar-refractivity contribution in [1.82, 2.24) is 4.98 Å². The van der Waals surface area contributed by atoms with Gasteiger partial charge in [0, 0.05) is 12.5 Å². The summed E-state index contributed by atoms with van der Waals surface area (Å²) >= 11 is 0. The molecule has 2 aromatic rings. The monoisotopic (exact) mass is 217 g/mol. The molecule has 0 aliphatic rings. The average molecular weight is 217 g/mol. The maximum atomic E-state index is 5.51. The van der Waals surface area contributed by atoms with Gasteiger partial charge in [0.2, 0.25) is 0 Å². The Hall–Kier alpha value is -1.77. The van der Waals surface area contributed by atoms with Crippen LogP contribution >= 0.6 is 0 Å². The minimum Gasteiger partial charge on any atom is -0.494 e. The quantitative estimate of drug-likeness (QED) is 0.786. The van der Waals surface area contributed by atoms with Crippen LogP contribution in [0.5, 0.6) is 5.75 Å². The summed E-state index contributed by atoms with van der Waals surface area (Å²) in [5.74, 6) is 1.58. The van der Waals surface area contributed by atoms with Gasteiger partial charge in [-0.2, -0.15) is 0 Å². The molecule has 1 aromatic heterocycles. The lowest BCUT2D eigenvalue weighted by atomic mass is 10.2. The molecule has 0 aliphatic carbocycles. The highest BCUT2D eigenvalue weighted by Crippen LogP contribution is 2.21. The Morgan fingerprint density at radius 3 is 2.56 bits per heavy atom. The number of rotatable bonds is 4. The van der Waals surface area contributed by atoms with E-state index in [4.69, 9.17) is 9.15 Å². The van der Waals surface area contributed by atoms with Gasteiger partial charge in [0.15, 0.2) is 5.89 Å². The number of nitrogens with zero attached hydrogens (tertiary/aromatic N) is 1. The van der Waals surface area contributed by atoms with Crippen molar-refractivity contribution < 1.29 is 9.15 Å². The summed E-state index contributed by atoms with van der Waals surface area (Å²) in [6.07, 6.45) is 2.68. The van der Waals surface area contributed by atoms with E-state index in [-0.39, 0.29) is 0 Å². The topological polar surface area (TPSA) is 35.3 Å². The molecule has 0 saturated carbocycles. The molecule has 16 heavy (non-hydrogen) atoms. The Morgan fingerprint density at radius 2 is 2.00 bits per heavy atom. The fourth-order valence-electron chi connectivity index (χ4n) is 1.44. The first-order valence-corrected chi connectivity index (χ1v) is 5.45. The van der Waals surface area contributed by atoms with Gasteiger partial charge < -0.3 is 9.15 Å². The number of aromatic nitrogens is 1. The Labute approximate surface area is 95.1 Å². The first kappa shape index (κ1) is 10.7. The lowest BCUT2D eigenvalue weighted by molar-refractivity contribution is 0.317. The van der Waals surface area contributed by atoms with Crippen molar-refractivity contribution in [3.63, 3.8) is 0 Å². The fraction of sp³-hybridized carbons (Fsp3) is 0.308. The normalized spacial score (nSPS) is 10.4. The second-order valence-electron chi connectivity index (χ2n) is 3.62. The molecule has 2 rings (SSSR count). The molecule has 0 radical (unpaired) electrons. The van der Waals surface area contributed by atoms with Gasteiger partial charge in [0.25, 0.3) is 0 Å². The molecule has 0 saturated heterocycles. The van der Waals surface area contributed by atoms with Crippen LogP contribution in [0.25, 0.3) is 11.3 Å². The van der Waals surface area contributed by atoms with Crippen LogP contribution in [0, 0.1) is 6.92 Å². The average Bonchev–Trinajstić information content (AvgIpc) is 2.74. The van der Waals surface area contributed by atoms with Crippen LogP contribution in [-0.2, 0) is 0 Å². The highest BCUT2D eigenvalue weighted by Gasteiger charge is 2.03. The maximum Gasteiger partial charge on any atom is 0.191 e. The van der Waals surface area contributed by atoms with E-state index in [1.807, 2.05) is 31.2 Å². The molecule has 0 aliphatic heterocycles. The summed E-state index contributed by atoms with van der Waals surface area (Å²) < 4.78 is 10.7. The second kappa shape index (κ2) is 4.84. The molecular weight excluding hydrogens is 202 g/mol. The fourth-order valence-corrected chi connectivity index (χ4v) is 1.44. The van der Waals surface area contributed by atoms with Crippen molar-refractivity contribution in [2.24, 2.45) is 0 Å². The first-order valence-electron chi connectivity index (χ1n) is 5.45. The minimum absolute atomic E-state index is 0.682. The number of hydrogen-bond donors (Lipinski definition) is 0. The van der Waals surface area contributed by atoms with E-state index in [1.165, 1.54) is 0 Å². The van der Waals surface area contributed by atoms with E-state index in [9.17, 15) is 0 Å². The zero-order chi connectivity index (χ0) is 11.4. The molecule has 3 heteroatoms. The zero-order valence-corrected chi connectivity index (χ0v) is 9.56. The predicted molar refractivity (Wildman–Crippen MR) is 62.5 cm³/mol. The summed E-state index contributed by atoms with van der Waals surface area (Å²) in [6.45, 7) is 4.68. The summed E-state index contributed by atoms with van der Waals surface area (Å²) in [6, 6.07) is 7.88. The van der Waals surface area contributed by atoms with Crippen LogP contribution in [-0.4, -0.2) is 11.6 Å². The molecule has 0 N–H and O–H groups in total. The first-order chi connectivity index (χ1) is 7.79. The third kappa shape index (κ3) is 2.42. The third-order valence-corrected chi connectivity index (χ3v) is 2.24. The number of hydrogen-bond acceptors (Lipinski definition) is 3. The lowest BCUT2D eigenvalue weighted by Gasteiger charge is -2.04. The molecule has 0 bridgehead atoms. The van der Waals surface area contributed by atoms with Gasteiger partial charge in [-0.15, -0.1) is 0 Å². The Balaban J connectivity index is 2.13. The van der Waals surface area contributed by atoms with Crippen LogP contribution in [0.15, 0.2) is 34.9 Å². The number of oxazole rings is 1. The largest absolute Gasteiger partial charge is 0.494 e. The van der Waals surface area contributed by atoms with Crippen molar-refractivity contribution in [3.8, 4) is 17.0 Å². The Bertz CT molecular complexity index is 445. The van der Waals surface area contributed by atoms with E-state index in [0.29, 0.717) is 5.89 Å². The van der Waals surface area contributed by atoms with Crippen LogP contribution in [0.2, 0.25) is 0 Å². The number of ether oxygens (including phenoxy) is 1. The molecule has 84 valence electrons.